The predicted molar refractivity (Wildman–Crippen MR) is 52.5 cm³/mol. The third kappa shape index (κ3) is 2.21. The Morgan fingerprint density at radius 3 is 2.69 bits per heavy atom. The number of hydrogen-bond acceptors (Lipinski definition) is 3. The van der Waals surface area contributed by atoms with E-state index in [1.807, 2.05) is 0 Å². The van der Waals surface area contributed by atoms with E-state index in [0.29, 0.717) is 11.8 Å². The summed E-state index contributed by atoms with van der Waals surface area (Å²) in [5, 5.41) is 19.0. The van der Waals surface area contributed by atoms with E-state index in [2.05, 4.69) is 15.9 Å². The average Bonchev–Trinajstić information content (AvgIpc) is 2.10. The van der Waals surface area contributed by atoms with Crippen molar-refractivity contribution < 1.29 is 15.0 Å². The van der Waals surface area contributed by atoms with E-state index >= 15 is 0 Å². The van der Waals surface area contributed by atoms with Crippen LogP contribution < -0.4 is 0 Å². The van der Waals surface area contributed by atoms with Crippen molar-refractivity contribution in [2.24, 2.45) is 0 Å². The monoisotopic (exact) mass is 244 g/mol. The summed E-state index contributed by atoms with van der Waals surface area (Å²) in [6.07, 6.45) is 0.303. The van der Waals surface area contributed by atoms with E-state index in [-0.39, 0.29) is 22.8 Å². The Morgan fingerprint density at radius 2 is 2.08 bits per heavy atom. The van der Waals surface area contributed by atoms with Crippen molar-refractivity contribution >= 4 is 21.7 Å². The Hall–Kier alpha value is -1.03. The SMILES string of the molecule is O=C(CCBr)c1cccc(O)c1O. The molecule has 2 N–H and O–H groups in total. The number of carbonyl (C=O) groups excluding carboxylic acids is 1. The summed E-state index contributed by atoms with van der Waals surface area (Å²) in [6, 6.07) is 4.34. The Labute approximate surface area is 84.1 Å². The fourth-order valence-electron chi connectivity index (χ4n) is 0.977. The molecule has 70 valence electrons. The van der Waals surface area contributed by atoms with Crippen molar-refractivity contribution in [1.82, 2.24) is 0 Å². The van der Waals surface area contributed by atoms with Crippen LogP contribution in [0.25, 0.3) is 0 Å². The Balaban J connectivity index is 3.01. The number of ketones is 1. The van der Waals surface area contributed by atoms with Crippen molar-refractivity contribution in [3.05, 3.63) is 23.8 Å². The molecule has 0 unspecified atom stereocenters. The van der Waals surface area contributed by atoms with Crippen molar-refractivity contribution in [3.63, 3.8) is 0 Å². The molecule has 0 bridgehead atoms. The van der Waals surface area contributed by atoms with Gasteiger partial charge in [-0.2, -0.15) is 0 Å². The molecule has 0 aliphatic carbocycles. The van der Waals surface area contributed by atoms with Crippen LogP contribution in [0.2, 0.25) is 0 Å². The number of phenolic OH excluding ortho intramolecular Hbond substituents is 2. The lowest BCUT2D eigenvalue weighted by Crippen LogP contribution is -1.99. The molecule has 4 heteroatoms. The predicted octanol–water partition coefficient (Wildman–Crippen LogP) is 2.07. The molecule has 0 radical (unpaired) electrons. The van der Waals surface area contributed by atoms with Crippen LogP contribution in [0.4, 0.5) is 0 Å². The zero-order chi connectivity index (χ0) is 9.84. The molecule has 0 saturated heterocycles. The van der Waals surface area contributed by atoms with Gasteiger partial charge in [-0.3, -0.25) is 4.79 Å². The fraction of sp³-hybridized carbons (Fsp3) is 0.222. The second-order valence-corrected chi connectivity index (χ2v) is 3.33. The lowest BCUT2D eigenvalue weighted by Gasteiger charge is -2.03. The normalized spacial score (nSPS) is 9.92. The standard InChI is InChI=1S/C9H9BrO3/c10-5-4-7(11)6-2-1-3-8(12)9(6)13/h1-3,12-13H,4-5H2. The Morgan fingerprint density at radius 1 is 1.38 bits per heavy atom. The third-order valence-electron chi connectivity index (χ3n) is 1.64. The highest BCUT2D eigenvalue weighted by atomic mass is 79.9. The smallest absolute Gasteiger partial charge is 0.168 e. The van der Waals surface area contributed by atoms with E-state index < -0.39 is 0 Å². The lowest BCUT2D eigenvalue weighted by molar-refractivity contribution is 0.0986. The molecule has 0 aromatic heterocycles. The minimum Gasteiger partial charge on any atom is -0.504 e. The molecule has 3 nitrogen and oxygen atoms in total. The van der Waals surface area contributed by atoms with Gasteiger partial charge < -0.3 is 10.2 Å². The first-order valence-electron chi connectivity index (χ1n) is 3.77. The molecule has 0 aliphatic heterocycles. The van der Waals surface area contributed by atoms with Crippen molar-refractivity contribution in [2.45, 2.75) is 6.42 Å². The summed E-state index contributed by atoms with van der Waals surface area (Å²) < 4.78 is 0. The van der Waals surface area contributed by atoms with Gasteiger partial charge in [0.15, 0.2) is 17.3 Å². The first-order valence-corrected chi connectivity index (χ1v) is 4.89. The number of Topliss-reactive ketones (excluding diaryl/α,β-unsaturated/α-hetero) is 1. The first kappa shape index (κ1) is 10.1. The van der Waals surface area contributed by atoms with Gasteiger partial charge in [-0.15, -0.1) is 0 Å². The molecule has 0 saturated carbocycles. The highest BCUT2D eigenvalue weighted by molar-refractivity contribution is 9.09. The van der Waals surface area contributed by atoms with Gasteiger partial charge in [0.25, 0.3) is 0 Å². The van der Waals surface area contributed by atoms with Gasteiger partial charge in [0, 0.05) is 11.8 Å². The number of phenols is 2. The van der Waals surface area contributed by atoms with E-state index in [1.165, 1.54) is 18.2 Å². The molecule has 13 heavy (non-hydrogen) atoms. The van der Waals surface area contributed by atoms with Crippen molar-refractivity contribution in [1.29, 1.82) is 0 Å². The minimum atomic E-state index is -0.339. The number of aromatic hydroxyl groups is 2. The first-order chi connectivity index (χ1) is 6.16. The molecule has 0 fully saturated rings. The largest absolute Gasteiger partial charge is 0.504 e. The van der Waals surface area contributed by atoms with Crippen LogP contribution in [-0.2, 0) is 0 Å². The molecule has 0 spiro atoms. The minimum absolute atomic E-state index is 0.166. The van der Waals surface area contributed by atoms with Crippen LogP contribution in [0.15, 0.2) is 18.2 Å². The van der Waals surface area contributed by atoms with Crippen LogP contribution >= 0.6 is 15.9 Å². The van der Waals surface area contributed by atoms with Gasteiger partial charge in [0.05, 0.1) is 5.56 Å². The summed E-state index contributed by atoms with van der Waals surface area (Å²) in [7, 11) is 0. The van der Waals surface area contributed by atoms with Gasteiger partial charge in [-0.05, 0) is 12.1 Å². The van der Waals surface area contributed by atoms with Crippen LogP contribution in [0.1, 0.15) is 16.8 Å². The second-order valence-electron chi connectivity index (χ2n) is 2.54. The molecule has 0 amide bonds. The zero-order valence-electron chi connectivity index (χ0n) is 6.83. The Kier molecular flexibility index (Phi) is 3.31. The molecular formula is C9H9BrO3. The van der Waals surface area contributed by atoms with Crippen LogP contribution in [0.3, 0.4) is 0 Å². The number of benzene rings is 1. The summed E-state index contributed by atoms with van der Waals surface area (Å²) in [5.41, 5.74) is 0.166. The molecule has 0 atom stereocenters. The van der Waals surface area contributed by atoms with Crippen molar-refractivity contribution in [2.75, 3.05) is 5.33 Å². The van der Waals surface area contributed by atoms with E-state index in [0.717, 1.165) is 0 Å². The molecule has 1 aromatic carbocycles. The maximum atomic E-state index is 11.3. The van der Waals surface area contributed by atoms with Gasteiger partial charge >= 0.3 is 0 Å². The van der Waals surface area contributed by atoms with E-state index in [9.17, 15) is 9.90 Å². The number of para-hydroxylation sites is 1. The summed E-state index contributed by atoms with van der Waals surface area (Å²) in [6.45, 7) is 0. The second kappa shape index (κ2) is 4.28. The number of hydrogen-bond donors (Lipinski definition) is 2. The molecule has 0 aliphatic rings. The topological polar surface area (TPSA) is 57.5 Å². The summed E-state index contributed by atoms with van der Waals surface area (Å²) in [5.74, 6) is -0.792. The number of alkyl halides is 1. The van der Waals surface area contributed by atoms with Crippen LogP contribution in [0.5, 0.6) is 11.5 Å². The highest BCUT2D eigenvalue weighted by Crippen LogP contribution is 2.28. The number of halogens is 1. The molecule has 1 aromatic rings. The third-order valence-corrected chi connectivity index (χ3v) is 2.03. The summed E-state index contributed by atoms with van der Waals surface area (Å²) >= 11 is 3.13. The van der Waals surface area contributed by atoms with Crippen molar-refractivity contribution in [3.8, 4) is 11.5 Å². The van der Waals surface area contributed by atoms with Gasteiger partial charge in [-0.1, -0.05) is 22.0 Å². The highest BCUT2D eigenvalue weighted by Gasteiger charge is 2.12. The van der Waals surface area contributed by atoms with E-state index in [1.54, 1.807) is 0 Å². The van der Waals surface area contributed by atoms with Crippen LogP contribution in [0, 0.1) is 0 Å². The Bertz CT molecular complexity index is 323. The van der Waals surface area contributed by atoms with Gasteiger partial charge in [0.2, 0.25) is 0 Å². The number of rotatable bonds is 3. The lowest BCUT2D eigenvalue weighted by atomic mass is 10.1. The summed E-state index contributed by atoms with van der Waals surface area (Å²) in [4.78, 5) is 11.3. The van der Waals surface area contributed by atoms with Gasteiger partial charge in [0.1, 0.15) is 0 Å². The maximum Gasteiger partial charge on any atom is 0.168 e. The molecule has 1 rings (SSSR count). The van der Waals surface area contributed by atoms with Gasteiger partial charge in [-0.25, -0.2) is 0 Å². The van der Waals surface area contributed by atoms with Crippen LogP contribution in [-0.4, -0.2) is 21.3 Å². The quantitative estimate of drug-likeness (QED) is 0.487. The number of carbonyl (C=O) groups is 1. The zero-order valence-corrected chi connectivity index (χ0v) is 8.41. The molecule has 0 heterocycles. The van der Waals surface area contributed by atoms with E-state index in [4.69, 9.17) is 5.11 Å². The molecular weight excluding hydrogens is 236 g/mol. The maximum absolute atomic E-state index is 11.3. The fourth-order valence-corrected chi connectivity index (χ4v) is 1.34. The average molecular weight is 245 g/mol.